The molecule has 0 aromatic heterocycles. The van der Waals surface area contributed by atoms with Crippen LogP contribution in [0.25, 0.3) is 0 Å². The summed E-state index contributed by atoms with van der Waals surface area (Å²) in [6.07, 6.45) is -1.60. The molecular weight excluding hydrogens is 406 g/mol. The van der Waals surface area contributed by atoms with Crippen LogP contribution in [0.15, 0.2) is 53.8 Å². The number of methoxy groups -OCH3 is 1. The highest BCUT2D eigenvalue weighted by molar-refractivity contribution is 6.23. The number of ether oxygens (including phenoxy) is 2. The number of aliphatic hydroxyl groups is 3. The van der Waals surface area contributed by atoms with Crippen molar-refractivity contribution in [1.82, 2.24) is 5.32 Å². The maximum Gasteiger partial charge on any atom is 0.278 e. The number of Topliss-reactive ketones (excluding diaryl/α,β-unsaturated/α-hetero) is 2. The zero-order chi connectivity index (χ0) is 23.0. The summed E-state index contributed by atoms with van der Waals surface area (Å²) < 4.78 is 10.8. The van der Waals surface area contributed by atoms with Gasteiger partial charge in [0.1, 0.15) is 18.0 Å². The molecule has 0 aliphatic carbocycles. The summed E-state index contributed by atoms with van der Waals surface area (Å²) in [4.78, 5) is 39.2. The Kier molecular flexibility index (Phi) is 6.15. The zero-order valence-corrected chi connectivity index (χ0v) is 17.4. The van der Waals surface area contributed by atoms with Gasteiger partial charge in [0.25, 0.3) is 11.5 Å². The van der Waals surface area contributed by atoms with E-state index >= 15 is 0 Å². The summed E-state index contributed by atoms with van der Waals surface area (Å²) in [5.74, 6) is -3.15. The van der Waals surface area contributed by atoms with Crippen LogP contribution in [0.1, 0.15) is 30.6 Å². The average molecular weight is 431 g/mol. The molecule has 9 heteroatoms. The van der Waals surface area contributed by atoms with Gasteiger partial charge in [0, 0.05) is 18.2 Å². The molecule has 1 fully saturated rings. The van der Waals surface area contributed by atoms with Crippen LogP contribution in [-0.4, -0.2) is 69.5 Å². The number of nitrogens with one attached hydrogen (secondary N) is 1. The predicted octanol–water partition coefficient (Wildman–Crippen LogP) is 0.00280. The van der Waals surface area contributed by atoms with Crippen LogP contribution in [0, 0.1) is 0 Å². The summed E-state index contributed by atoms with van der Waals surface area (Å²) in [7, 11) is 1.11. The second-order valence-electron chi connectivity index (χ2n) is 7.42. The van der Waals surface area contributed by atoms with Crippen molar-refractivity contribution in [3.8, 4) is 0 Å². The van der Waals surface area contributed by atoms with E-state index in [-0.39, 0.29) is 16.9 Å². The second-order valence-corrected chi connectivity index (χ2v) is 7.42. The molecule has 1 saturated heterocycles. The molecule has 9 nitrogen and oxygen atoms in total. The summed E-state index contributed by atoms with van der Waals surface area (Å²) >= 11 is 0. The molecule has 2 aliphatic rings. The van der Waals surface area contributed by atoms with Crippen molar-refractivity contribution in [1.29, 1.82) is 0 Å². The first-order valence-electron chi connectivity index (χ1n) is 9.80. The lowest BCUT2D eigenvalue weighted by Crippen LogP contribution is -2.60. The van der Waals surface area contributed by atoms with Crippen molar-refractivity contribution >= 4 is 17.5 Å². The number of carbonyl (C=O) groups is 3. The quantitative estimate of drug-likeness (QED) is 0.269. The molecular formula is C22H25NO8. The van der Waals surface area contributed by atoms with Crippen molar-refractivity contribution in [2.24, 2.45) is 0 Å². The molecule has 3 rings (SSSR count). The summed E-state index contributed by atoms with van der Waals surface area (Å²) in [6, 6.07) is 7.82. The van der Waals surface area contributed by atoms with Crippen molar-refractivity contribution < 1.29 is 39.2 Å². The first-order chi connectivity index (χ1) is 14.7. The van der Waals surface area contributed by atoms with Gasteiger partial charge in [-0.3, -0.25) is 14.4 Å². The monoisotopic (exact) mass is 431 g/mol. The van der Waals surface area contributed by atoms with E-state index < -0.39 is 47.1 Å². The Morgan fingerprint density at radius 1 is 1.29 bits per heavy atom. The molecule has 166 valence electrons. The number of benzene rings is 1. The average Bonchev–Trinajstić information content (AvgIpc) is 3.18. The number of rotatable bonds is 7. The Balaban J connectivity index is 1.99. The first-order valence-corrected chi connectivity index (χ1v) is 9.80. The Labute approximate surface area is 179 Å². The zero-order valence-electron chi connectivity index (χ0n) is 17.4. The SMILES string of the molecule is CC/C=C/[C@H](O)[C@H](O)C1=C(C)C(=O)[C@@]2(O1)C(=O)N[C@@](OC)(C(=O)c1ccccc1)[C@@H]2O. The number of aliphatic hydroxyl groups excluding tert-OH is 3. The van der Waals surface area contributed by atoms with Gasteiger partial charge in [0.05, 0.1) is 0 Å². The van der Waals surface area contributed by atoms with Crippen molar-refractivity contribution in [3.05, 3.63) is 59.4 Å². The Hall–Kier alpha value is -2.85. The number of hydrogen-bond donors (Lipinski definition) is 4. The predicted molar refractivity (Wildman–Crippen MR) is 108 cm³/mol. The second kappa shape index (κ2) is 8.35. The van der Waals surface area contributed by atoms with Gasteiger partial charge >= 0.3 is 0 Å². The lowest BCUT2D eigenvalue weighted by molar-refractivity contribution is -0.163. The standard InChI is InChI=1S/C22H25NO8/c1-4-5-11-14(24)15(25)16-12(2)17(26)21(31-16)19(28)22(30-3,23-20(21)29)18(27)13-9-7-6-8-10-13/h5-11,14-15,19,24-25,28H,4H2,1-3H3,(H,23,29)/b11-5+/t14-,15-,19+,21-,22+/m0/s1. The van der Waals surface area contributed by atoms with Crippen molar-refractivity contribution in [3.63, 3.8) is 0 Å². The summed E-state index contributed by atoms with van der Waals surface area (Å²) in [6.45, 7) is 3.13. The van der Waals surface area contributed by atoms with Gasteiger partial charge in [-0.1, -0.05) is 49.4 Å². The third-order valence-electron chi connectivity index (χ3n) is 5.58. The Morgan fingerprint density at radius 3 is 2.52 bits per heavy atom. The fourth-order valence-electron chi connectivity index (χ4n) is 3.81. The smallest absolute Gasteiger partial charge is 0.278 e. The molecule has 0 bridgehead atoms. The van der Waals surface area contributed by atoms with Crippen LogP contribution in [-0.2, 0) is 19.1 Å². The van der Waals surface area contributed by atoms with Crippen LogP contribution in [0.3, 0.4) is 0 Å². The maximum atomic E-state index is 13.1. The minimum atomic E-state index is -2.53. The largest absolute Gasteiger partial charge is 0.467 e. The van der Waals surface area contributed by atoms with Crippen LogP contribution >= 0.6 is 0 Å². The number of carbonyl (C=O) groups excluding carboxylic acids is 3. The molecule has 1 amide bonds. The highest BCUT2D eigenvalue weighted by Gasteiger charge is 2.74. The molecule has 4 N–H and O–H groups in total. The third-order valence-corrected chi connectivity index (χ3v) is 5.58. The van der Waals surface area contributed by atoms with E-state index in [0.717, 1.165) is 7.11 Å². The van der Waals surface area contributed by atoms with Crippen LogP contribution in [0.2, 0.25) is 0 Å². The summed E-state index contributed by atoms with van der Waals surface area (Å²) in [5, 5.41) is 34.0. The Bertz CT molecular complexity index is 956. The maximum absolute atomic E-state index is 13.1. The van der Waals surface area contributed by atoms with Gasteiger partial charge in [-0.2, -0.15) is 0 Å². The molecule has 0 saturated carbocycles. The fourth-order valence-corrected chi connectivity index (χ4v) is 3.81. The summed E-state index contributed by atoms with van der Waals surface area (Å²) in [5.41, 5.74) is -4.83. The van der Waals surface area contributed by atoms with Gasteiger partial charge < -0.3 is 30.1 Å². The van der Waals surface area contributed by atoms with Crippen molar-refractivity contribution in [2.45, 2.75) is 49.9 Å². The lowest BCUT2D eigenvalue weighted by atomic mass is 9.85. The minimum Gasteiger partial charge on any atom is -0.467 e. The van der Waals surface area contributed by atoms with Crippen molar-refractivity contribution in [2.75, 3.05) is 7.11 Å². The number of allylic oxidation sites excluding steroid dienone is 1. The molecule has 0 radical (unpaired) electrons. The molecule has 1 spiro atoms. The molecule has 1 aromatic rings. The normalized spacial score (nSPS) is 30.1. The van der Waals surface area contributed by atoms with Crippen LogP contribution in [0.4, 0.5) is 0 Å². The highest BCUT2D eigenvalue weighted by Crippen LogP contribution is 2.44. The molecule has 1 aromatic carbocycles. The van der Waals surface area contributed by atoms with Crippen LogP contribution in [0.5, 0.6) is 0 Å². The number of hydrogen-bond acceptors (Lipinski definition) is 8. The van der Waals surface area contributed by atoms with E-state index in [2.05, 4.69) is 5.32 Å². The number of amides is 1. The van der Waals surface area contributed by atoms with E-state index in [9.17, 15) is 29.7 Å². The molecule has 2 heterocycles. The third kappa shape index (κ3) is 3.30. The lowest BCUT2D eigenvalue weighted by Gasteiger charge is -2.32. The van der Waals surface area contributed by atoms with E-state index in [1.54, 1.807) is 24.3 Å². The van der Waals surface area contributed by atoms with Gasteiger partial charge in [-0.05, 0) is 13.3 Å². The first kappa shape index (κ1) is 22.8. The van der Waals surface area contributed by atoms with Gasteiger partial charge in [0.15, 0.2) is 6.10 Å². The molecule has 2 aliphatic heterocycles. The van der Waals surface area contributed by atoms with E-state index in [4.69, 9.17) is 9.47 Å². The van der Waals surface area contributed by atoms with Gasteiger partial charge in [-0.25, -0.2) is 0 Å². The molecule has 0 unspecified atom stereocenters. The Morgan fingerprint density at radius 2 is 1.94 bits per heavy atom. The molecule has 31 heavy (non-hydrogen) atoms. The van der Waals surface area contributed by atoms with E-state index in [0.29, 0.717) is 6.42 Å². The number of ketones is 2. The van der Waals surface area contributed by atoms with Gasteiger partial charge in [0.2, 0.25) is 17.3 Å². The van der Waals surface area contributed by atoms with E-state index in [1.165, 1.54) is 25.1 Å². The van der Waals surface area contributed by atoms with E-state index in [1.807, 2.05) is 6.92 Å². The molecule has 5 atom stereocenters. The van der Waals surface area contributed by atoms with Crippen LogP contribution < -0.4 is 5.32 Å². The van der Waals surface area contributed by atoms with Gasteiger partial charge in [-0.15, -0.1) is 0 Å². The minimum absolute atomic E-state index is 0.135. The highest BCUT2D eigenvalue weighted by atomic mass is 16.6. The topological polar surface area (TPSA) is 142 Å². The fraction of sp³-hybridized carbons (Fsp3) is 0.409.